The summed E-state index contributed by atoms with van der Waals surface area (Å²) in [5.74, 6) is -0.164. The molecule has 2 aromatic heterocycles. The number of amides is 2. The lowest BCUT2D eigenvalue weighted by Crippen LogP contribution is -2.33. The maximum Gasteiger partial charge on any atom is 0.274 e. The Morgan fingerprint density at radius 2 is 2.20 bits per heavy atom. The van der Waals surface area contributed by atoms with Gasteiger partial charge in [0.1, 0.15) is 0 Å². The summed E-state index contributed by atoms with van der Waals surface area (Å²) >= 11 is 0. The molecule has 3 rings (SSSR count). The van der Waals surface area contributed by atoms with Crippen molar-refractivity contribution in [3.63, 3.8) is 0 Å². The zero-order valence-corrected chi connectivity index (χ0v) is 14.3. The fourth-order valence-electron chi connectivity index (χ4n) is 2.94. The normalized spacial score (nSPS) is 16.9. The van der Waals surface area contributed by atoms with Gasteiger partial charge in [0, 0.05) is 50.2 Å². The molecule has 8 nitrogen and oxygen atoms in total. The fraction of sp³-hybridized carbons (Fsp3) is 0.412. The molecule has 2 aromatic rings. The van der Waals surface area contributed by atoms with Gasteiger partial charge >= 0.3 is 0 Å². The van der Waals surface area contributed by atoms with Gasteiger partial charge in [0.25, 0.3) is 11.8 Å². The van der Waals surface area contributed by atoms with Crippen LogP contribution in [0.3, 0.4) is 0 Å². The van der Waals surface area contributed by atoms with E-state index in [1.54, 1.807) is 21.7 Å². The minimum absolute atomic E-state index is 0.0767. The Morgan fingerprint density at radius 1 is 1.40 bits per heavy atom. The summed E-state index contributed by atoms with van der Waals surface area (Å²) in [6.45, 7) is 3.61. The van der Waals surface area contributed by atoms with Gasteiger partial charge in [0.2, 0.25) is 5.56 Å². The first-order chi connectivity index (χ1) is 11.9. The number of H-pyrrole nitrogens is 1. The number of carbonyl (C=O) groups excluding carboxylic acids is 2. The number of aryl methyl sites for hydroxylation is 2. The summed E-state index contributed by atoms with van der Waals surface area (Å²) in [6.07, 6.45) is 2.27. The highest BCUT2D eigenvalue weighted by Crippen LogP contribution is 2.18. The van der Waals surface area contributed by atoms with Crippen molar-refractivity contribution in [1.29, 1.82) is 0 Å². The van der Waals surface area contributed by atoms with Crippen LogP contribution >= 0.6 is 0 Å². The average molecular weight is 343 g/mol. The van der Waals surface area contributed by atoms with Gasteiger partial charge in [-0.15, -0.1) is 0 Å². The molecule has 0 bridgehead atoms. The van der Waals surface area contributed by atoms with E-state index in [4.69, 9.17) is 0 Å². The van der Waals surface area contributed by atoms with Crippen LogP contribution in [0.4, 0.5) is 0 Å². The van der Waals surface area contributed by atoms with Crippen molar-refractivity contribution < 1.29 is 9.59 Å². The number of aromatic amines is 1. The molecule has 3 heterocycles. The van der Waals surface area contributed by atoms with Crippen LogP contribution in [0.1, 0.15) is 33.0 Å². The van der Waals surface area contributed by atoms with Gasteiger partial charge < -0.3 is 15.2 Å². The lowest BCUT2D eigenvalue weighted by atomic mass is 10.1. The third kappa shape index (κ3) is 3.78. The van der Waals surface area contributed by atoms with Gasteiger partial charge in [0.05, 0.1) is 0 Å². The molecule has 1 saturated heterocycles. The van der Waals surface area contributed by atoms with E-state index in [1.165, 1.54) is 12.3 Å². The Morgan fingerprint density at radius 3 is 2.88 bits per heavy atom. The molecule has 8 heteroatoms. The van der Waals surface area contributed by atoms with Crippen molar-refractivity contribution in [2.24, 2.45) is 13.0 Å². The van der Waals surface area contributed by atoms with Crippen molar-refractivity contribution in [3.8, 4) is 0 Å². The summed E-state index contributed by atoms with van der Waals surface area (Å²) in [4.78, 5) is 40.0. The number of aromatic nitrogens is 3. The minimum atomic E-state index is -0.309. The second-order valence-corrected chi connectivity index (χ2v) is 6.35. The van der Waals surface area contributed by atoms with Gasteiger partial charge in [-0.3, -0.25) is 19.1 Å². The van der Waals surface area contributed by atoms with Crippen LogP contribution in [0.2, 0.25) is 0 Å². The monoisotopic (exact) mass is 343 g/mol. The molecule has 0 spiro atoms. The van der Waals surface area contributed by atoms with Crippen LogP contribution in [-0.4, -0.2) is 51.1 Å². The molecule has 132 valence electrons. The second-order valence-electron chi connectivity index (χ2n) is 6.35. The number of rotatable bonds is 4. The van der Waals surface area contributed by atoms with Gasteiger partial charge in [-0.2, -0.15) is 5.10 Å². The third-order valence-corrected chi connectivity index (χ3v) is 4.49. The third-order valence-electron chi connectivity index (χ3n) is 4.49. The highest BCUT2D eigenvalue weighted by Gasteiger charge is 2.28. The van der Waals surface area contributed by atoms with Crippen molar-refractivity contribution in [2.45, 2.75) is 13.3 Å². The molecule has 0 aromatic carbocycles. The number of hydrogen-bond acceptors (Lipinski definition) is 4. The van der Waals surface area contributed by atoms with Crippen LogP contribution in [0.25, 0.3) is 0 Å². The summed E-state index contributed by atoms with van der Waals surface area (Å²) in [5, 5.41) is 7.06. The smallest absolute Gasteiger partial charge is 0.274 e. The predicted molar refractivity (Wildman–Crippen MR) is 91.4 cm³/mol. The lowest BCUT2D eigenvalue weighted by molar-refractivity contribution is 0.0780. The minimum Gasteiger partial charge on any atom is -0.352 e. The largest absolute Gasteiger partial charge is 0.352 e. The molecule has 0 aliphatic carbocycles. The summed E-state index contributed by atoms with van der Waals surface area (Å²) in [7, 11) is 1.81. The Labute approximate surface area is 144 Å². The number of likely N-dealkylation sites (tertiary alicyclic amines) is 1. The Hall–Kier alpha value is -2.90. The van der Waals surface area contributed by atoms with E-state index in [9.17, 15) is 14.4 Å². The SMILES string of the molecule is Cc1cc(C(=O)N2CC[C@H](CNC(=O)c3cc[nH]c(=O)c3)C2)nn1C. The second kappa shape index (κ2) is 6.92. The maximum atomic E-state index is 12.5. The number of nitrogens with one attached hydrogen (secondary N) is 2. The van der Waals surface area contributed by atoms with Crippen molar-refractivity contribution in [2.75, 3.05) is 19.6 Å². The summed E-state index contributed by atoms with van der Waals surface area (Å²) in [5.41, 5.74) is 1.41. The van der Waals surface area contributed by atoms with Crippen molar-refractivity contribution >= 4 is 11.8 Å². The van der Waals surface area contributed by atoms with E-state index in [1.807, 2.05) is 14.0 Å². The average Bonchev–Trinajstić information content (AvgIpc) is 3.19. The van der Waals surface area contributed by atoms with Crippen molar-refractivity contribution in [1.82, 2.24) is 25.0 Å². The molecule has 1 aliphatic rings. The molecule has 1 fully saturated rings. The summed E-state index contributed by atoms with van der Waals surface area (Å²) < 4.78 is 1.68. The first-order valence-electron chi connectivity index (χ1n) is 8.21. The van der Waals surface area contributed by atoms with Crippen LogP contribution in [0.15, 0.2) is 29.2 Å². The highest BCUT2D eigenvalue weighted by molar-refractivity contribution is 5.94. The van der Waals surface area contributed by atoms with E-state index < -0.39 is 0 Å². The van der Waals surface area contributed by atoms with Gasteiger partial charge in [-0.1, -0.05) is 0 Å². The zero-order chi connectivity index (χ0) is 18.0. The number of pyridine rings is 1. The maximum absolute atomic E-state index is 12.5. The molecular formula is C17H21N5O3. The molecular weight excluding hydrogens is 322 g/mol. The standard InChI is InChI=1S/C17H21N5O3/c1-11-7-14(20-21(11)2)17(25)22-6-4-12(10-22)9-19-16(24)13-3-5-18-15(23)8-13/h3,5,7-8,12H,4,6,9-10H2,1-2H3,(H,18,23)(H,19,24)/t12-/m1/s1. The Balaban J connectivity index is 1.53. The molecule has 2 amide bonds. The molecule has 0 unspecified atom stereocenters. The Bertz CT molecular complexity index is 834. The van der Waals surface area contributed by atoms with E-state index in [0.29, 0.717) is 30.9 Å². The van der Waals surface area contributed by atoms with Crippen molar-refractivity contribution in [3.05, 3.63) is 51.7 Å². The molecule has 25 heavy (non-hydrogen) atoms. The molecule has 1 aliphatic heterocycles. The first-order valence-corrected chi connectivity index (χ1v) is 8.21. The van der Waals surface area contributed by atoms with E-state index in [-0.39, 0.29) is 23.3 Å². The van der Waals surface area contributed by atoms with Crippen LogP contribution in [0.5, 0.6) is 0 Å². The number of carbonyl (C=O) groups is 2. The topological polar surface area (TPSA) is 100 Å². The fourth-order valence-corrected chi connectivity index (χ4v) is 2.94. The summed E-state index contributed by atoms with van der Waals surface area (Å²) in [6, 6.07) is 4.61. The molecule has 2 N–H and O–H groups in total. The highest BCUT2D eigenvalue weighted by atomic mass is 16.2. The van der Waals surface area contributed by atoms with Crippen LogP contribution in [-0.2, 0) is 7.05 Å². The van der Waals surface area contributed by atoms with E-state index in [0.717, 1.165) is 12.1 Å². The number of nitrogens with zero attached hydrogens (tertiary/aromatic N) is 3. The molecule has 1 atom stereocenters. The molecule has 0 radical (unpaired) electrons. The molecule has 0 saturated carbocycles. The van der Waals surface area contributed by atoms with Gasteiger partial charge in [-0.25, -0.2) is 0 Å². The quantitative estimate of drug-likeness (QED) is 0.834. The Kier molecular flexibility index (Phi) is 4.69. The van der Waals surface area contributed by atoms with Gasteiger partial charge in [0.15, 0.2) is 5.69 Å². The zero-order valence-electron chi connectivity index (χ0n) is 14.3. The number of hydrogen-bond donors (Lipinski definition) is 2. The van der Waals surface area contributed by atoms with Crippen LogP contribution in [0, 0.1) is 12.8 Å². The van der Waals surface area contributed by atoms with E-state index in [2.05, 4.69) is 15.4 Å². The van der Waals surface area contributed by atoms with Crippen LogP contribution < -0.4 is 10.9 Å². The lowest BCUT2D eigenvalue weighted by Gasteiger charge is -2.15. The van der Waals surface area contributed by atoms with Gasteiger partial charge in [-0.05, 0) is 31.4 Å². The van der Waals surface area contributed by atoms with E-state index >= 15 is 0 Å². The first kappa shape index (κ1) is 16.9. The predicted octanol–water partition coefficient (Wildman–Crippen LogP) is 0.309.